The summed E-state index contributed by atoms with van der Waals surface area (Å²) in [5, 5.41) is 9.02. The molecule has 1 aromatic carbocycles. The van der Waals surface area contributed by atoms with Gasteiger partial charge < -0.3 is 5.11 Å². The van der Waals surface area contributed by atoms with Gasteiger partial charge in [0.15, 0.2) is 6.10 Å². The number of halogens is 4. The van der Waals surface area contributed by atoms with Crippen LogP contribution in [0.5, 0.6) is 0 Å². The number of carbonyl (C=O) groups is 2. The minimum absolute atomic E-state index is 0.177. The van der Waals surface area contributed by atoms with Crippen molar-refractivity contribution >= 4 is 17.6 Å². The molecule has 0 saturated carbocycles. The third-order valence-corrected chi connectivity index (χ3v) is 3.29. The second kappa shape index (κ2) is 5.56. The maximum absolute atomic E-state index is 12.9. The van der Waals surface area contributed by atoms with Gasteiger partial charge in [0.2, 0.25) is 0 Å². The average Bonchev–Trinajstić information content (AvgIpc) is 2.63. The number of hydrogen-bond acceptors (Lipinski definition) is 3. The van der Waals surface area contributed by atoms with Crippen LogP contribution in [0.15, 0.2) is 24.3 Å². The molecule has 1 N–H and O–H groups in total. The normalized spacial score (nSPS) is 20.7. The third kappa shape index (κ3) is 2.89. The van der Waals surface area contributed by atoms with Crippen LogP contribution in [-0.2, 0) is 4.79 Å². The highest BCUT2D eigenvalue weighted by Gasteiger charge is 2.48. The van der Waals surface area contributed by atoms with E-state index in [4.69, 9.17) is 5.11 Å². The molecule has 0 unspecified atom stereocenters. The molecule has 1 heterocycles. The topological polar surface area (TPSA) is 60.9 Å². The van der Waals surface area contributed by atoms with E-state index in [9.17, 15) is 27.2 Å². The Labute approximate surface area is 122 Å². The molecule has 2 atom stereocenters. The number of urea groups is 1. The van der Waals surface area contributed by atoms with E-state index in [1.165, 1.54) is 19.1 Å². The van der Waals surface area contributed by atoms with Crippen molar-refractivity contribution in [2.24, 2.45) is 0 Å². The number of rotatable bonds is 3. The van der Waals surface area contributed by atoms with E-state index in [0.717, 1.165) is 17.0 Å². The molecule has 3 amide bonds. The Morgan fingerprint density at radius 1 is 1.23 bits per heavy atom. The first kappa shape index (κ1) is 16.2. The lowest BCUT2D eigenvalue weighted by atomic mass is 10.2. The van der Waals surface area contributed by atoms with E-state index in [1.807, 2.05) is 0 Å². The predicted molar refractivity (Wildman–Crippen MR) is 67.5 cm³/mol. The second-order valence-corrected chi connectivity index (χ2v) is 4.81. The molecule has 0 bridgehead atoms. The highest BCUT2D eigenvalue weighted by Crippen LogP contribution is 2.28. The van der Waals surface area contributed by atoms with E-state index in [2.05, 4.69) is 0 Å². The number of aliphatic hydroxyl groups excluding tert-OH is 1. The summed E-state index contributed by atoms with van der Waals surface area (Å²) in [5.41, 5.74) is 0.177. The smallest absolute Gasteiger partial charge is 0.382 e. The van der Waals surface area contributed by atoms with Crippen LogP contribution in [0.3, 0.4) is 0 Å². The van der Waals surface area contributed by atoms with Crippen molar-refractivity contribution in [3.05, 3.63) is 30.1 Å². The number of β-amino-alcohol motifs (C(OH)–C–C–N with tert-alkyl or cyclic N) is 1. The second-order valence-electron chi connectivity index (χ2n) is 4.81. The van der Waals surface area contributed by atoms with E-state index in [1.54, 1.807) is 0 Å². The molecule has 1 saturated heterocycles. The number of nitrogens with zero attached hydrogens (tertiary/aromatic N) is 2. The van der Waals surface area contributed by atoms with E-state index in [0.29, 0.717) is 4.90 Å². The zero-order valence-electron chi connectivity index (χ0n) is 11.3. The first-order valence-electron chi connectivity index (χ1n) is 6.28. The monoisotopic (exact) mass is 320 g/mol. The van der Waals surface area contributed by atoms with Gasteiger partial charge in [-0.25, -0.2) is 9.18 Å². The predicted octanol–water partition coefficient (Wildman–Crippen LogP) is 1.91. The molecule has 1 aromatic rings. The summed E-state index contributed by atoms with van der Waals surface area (Å²) in [5.74, 6) is -1.42. The molecule has 22 heavy (non-hydrogen) atoms. The number of amides is 3. The van der Waals surface area contributed by atoms with Gasteiger partial charge in [-0.15, -0.1) is 0 Å². The van der Waals surface area contributed by atoms with Gasteiger partial charge in [-0.05, 0) is 31.2 Å². The summed E-state index contributed by atoms with van der Waals surface area (Å²) in [6.45, 7) is 0.159. The lowest BCUT2D eigenvalue weighted by Gasteiger charge is -2.21. The van der Waals surface area contributed by atoms with Crippen LogP contribution < -0.4 is 4.90 Å². The lowest BCUT2D eigenvalue weighted by Crippen LogP contribution is -2.44. The Balaban J connectivity index is 2.24. The Bertz CT molecular complexity index is 588. The van der Waals surface area contributed by atoms with E-state index in [-0.39, 0.29) is 5.69 Å². The molecule has 5 nitrogen and oxygen atoms in total. The molecule has 1 aliphatic heterocycles. The van der Waals surface area contributed by atoms with Gasteiger partial charge in [0.05, 0.1) is 6.54 Å². The molecular formula is C13H12F4N2O3. The number of imide groups is 1. The Morgan fingerprint density at radius 2 is 1.77 bits per heavy atom. The average molecular weight is 320 g/mol. The fraction of sp³-hybridized carbons (Fsp3) is 0.385. The fourth-order valence-corrected chi connectivity index (χ4v) is 2.11. The van der Waals surface area contributed by atoms with Crippen LogP contribution in [0.2, 0.25) is 0 Å². The van der Waals surface area contributed by atoms with Gasteiger partial charge in [0.1, 0.15) is 11.9 Å². The maximum Gasteiger partial charge on any atom is 0.416 e. The molecule has 9 heteroatoms. The largest absolute Gasteiger partial charge is 0.416 e. The van der Waals surface area contributed by atoms with Crippen molar-refractivity contribution < 1.29 is 32.3 Å². The summed E-state index contributed by atoms with van der Waals surface area (Å²) >= 11 is 0. The number of carbonyl (C=O) groups excluding carboxylic acids is 2. The number of benzene rings is 1. The van der Waals surface area contributed by atoms with Crippen molar-refractivity contribution in [1.29, 1.82) is 0 Å². The van der Waals surface area contributed by atoms with Crippen LogP contribution in [0, 0.1) is 5.82 Å². The minimum atomic E-state index is -4.94. The molecule has 2 rings (SSSR count). The number of hydrogen-bond donors (Lipinski definition) is 1. The van der Waals surface area contributed by atoms with Crippen molar-refractivity contribution in [2.45, 2.75) is 25.2 Å². The minimum Gasteiger partial charge on any atom is -0.382 e. The molecule has 0 aromatic heterocycles. The van der Waals surface area contributed by atoms with Gasteiger partial charge >= 0.3 is 12.2 Å². The van der Waals surface area contributed by atoms with Crippen molar-refractivity contribution in [2.75, 3.05) is 11.4 Å². The summed E-state index contributed by atoms with van der Waals surface area (Å²) in [4.78, 5) is 25.4. The molecule has 0 spiro atoms. The van der Waals surface area contributed by atoms with Gasteiger partial charge in [0.25, 0.3) is 5.91 Å². The van der Waals surface area contributed by atoms with Gasteiger partial charge in [0, 0.05) is 5.69 Å². The zero-order chi connectivity index (χ0) is 16.7. The number of alkyl halides is 3. The van der Waals surface area contributed by atoms with E-state index < -0.39 is 42.6 Å². The summed E-state index contributed by atoms with van der Waals surface area (Å²) < 4.78 is 50.0. The highest BCUT2D eigenvalue weighted by atomic mass is 19.4. The molecule has 0 radical (unpaired) electrons. The number of anilines is 1. The Kier molecular flexibility index (Phi) is 4.10. The SMILES string of the molecule is C[C@H]1C(=O)N(C[C@H](O)C(F)(F)F)C(=O)N1c1ccc(F)cc1. The van der Waals surface area contributed by atoms with Crippen LogP contribution >= 0.6 is 0 Å². The van der Waals surface area contributed by atoms with Crippen LogP contribution in [0.1, 0.15) is 6.92 Å². The first-order chi connectivity index (χ1) is 10.1. The van der Waals surface area contributed by atoms with Gasteiger partial charge in [-0.1, -0.05) is 0 Å². The molecule has 1 fully saturated rings. The lowest BCUT2D eigenvalue weighted by molar-refractivity contribution is -0.206. The van der Waals surface area contributed by atoms with Crippen molar-refractivity contribution in [1.82, 2.24) is 4.90 Å². The van der Waals surface area contributed by atoms with Crippen LogP contribution in [-0.4, -0.2) is 46.8 Å². The molecule has 120 valence electrons. The van der Waals surface area contributed by atoms with Crippen molar-refractivity contribution in [3.8, 4) is 0 Å². The quantitative estimate of drug-likeness (QED) is 0.683. The van der Waals surface area contributed by atoms with Crippen LogP contribution in [0.4, 0.5) is 28.0 Å². The van der Waals surface area contributed by atoms with Gasteiger partial charge in [-0.3, -0.25) is 14.6 Å². The zero-order valence-corrected chi connectivity index (χ0v) is 11.3. The maximum atomic E-state index is 12.9. The summed E-state index contributed by atoms with van der Waals surface area (Å²) in [6.07, 6.45) is -7.76. The highest BCUT2D eigenvalue weighted by molar-refractivity contribution is 6.14. The molecular weight excluding hydrogens is 308 g/mol. The van der Waals surface area contributed by atoms with E-state index >= 15 is 0 Å². The molecule has 0 aliphatic carbocycles. The Hall–Kier alpha value is -2.16. The van der Waals surface area contributed by atoms with Gasteiger partial charge in [-0.2, -0.15) is 13.2 Å². The first-order valence-corrected chi connectivity index (χ1v) is 6.28. The standard InChI is InChI=1S/C13H12F4N2O3/c1-7-11(21)18(6-10(20)13(15,16)17)12(22)19(7)9-4-2-8(14)3-5-9/h2-5,7,10,20H,6H2,1H3/t7-,10-/m0/s1. The van der Waals surface area contributed by atoms with Crippen LogP contribution in [0.25, 0.3) is 0 Å². The fourth-order valence-electron chi connectivity index (χ4n) is 2.11. The Morgan fingerprint density at radius 3 is 2.27 bits per heavy atom. The summed E-state index contributed by atoms with van der Waals surface area (Å²) in [6, 6.07) is 2.56. The van der Waals surface area contributed by atoms with Crippen molar-refractivity contribution in [3.63, 3.8) is 0 Å². The third-order valence-electron chi connectivity index (χ3n) is 3.29. The molecule has 1 aliphatic rings. The number of aliphatic hydroxyl groups is 1. The summed E-state index contributed by atoms with van der Waals surface area (Å²) in [7, 11) is 0.